The lowest BCUT2D eigenvalue weighted by Gasteiger charge is -2.34. The Labute approximate surface area is 75.2 Å². The quantitative estimate of drug-likeness (QED) is 0.386. The first-order valence-corrected chi connectivity index (χ1v) is 4.64. The van der Waals surface area contributed by atoms with Gasteiger partial charge in [0.2, 0.25) is 0 Å². The lowest BCUT2D eigenvalue weighted by atomic mass is 9.85. The van der Waals surface area contributed by atoms with Crippen LogP contribution in [0.15, 0.2) is 0 Å². The maximum Gasteiger partial charge on any atom is 0.0713 e. The molecule has 1 aliphatic rings. The molecule has 1 aliphatic carbocycles. The molecule has 1 saturated carbocycles. The molecule has 3 heteroatoms. The van der Waals surface area contributed by atoms with Crippen LogP contribution in [0.2, 0.25) is 0 Å². The molecule has 0 spiro atoms. The zero-order valence-electron chi connectivity index (χ0n) is 6.15. The Kier molecular flexibility index (Phi) is 2.34. The summed E-state index contributed by atoms with van der Waals surface area (Å²) in [5.41, 5.74) is 6.84. The Morgan fingerprint density at radius 3 is 2.80 bits per heavy atom. The molecule has 1 rings (SSSR count). The zero-order valence-corrected chi connectivity index (χ0v) is 8.31. The Balaban J connectivity index is 2.60. The maximum atomic E-state index is 7.44. The van der Waals surface area contributed by atoms with Gasteiger partial charge >= 0.3 is 0 Å². The van der Waals surface area contributed by atoms with Crippen molar-refractivity contribution >= 4 is 28.3 Å². The van der Waals surface area contributed by atoms with Crippen molar-refractivity contribution in [1.29, 1.82) is 5.41 Å². The standard InChI is InChI=1S/C7H13IN2/c1-5-4-6(9)2-3-7(5,8)10/h5,9H,2-4,10H2,1H3. The summed E-state index contributed by atoms with van der Waals surface area (Å²) in [7, 11) is 0. The molecule has 2 nitrogen and oxygen atoms in total. The van der Waals surface area contributed by atoms with Gasteiger partial charge < -0.3 is 11.1 Å². The lowest BCUT2D eigenvalue weighted by molar-refractivity contribution is 0.401. The zero-order chi connectivity index (χ0) is 7.78. The summed E-state index contributed by atoms with van der Waals surface area (Å²) in [6, 6.07) is 0. The van der Waals surface area contributed by atoms with Crippen LogP contribution in [0.3, 0.4) is 0 Å². The van der Waals surface area contributed by atoms with E-state index in [1.807, 2.05) is 0 Å². The van der Waals surface area contributed by atoms with Crippen LogP contribution < -0.4 is 5.73 Å². The van der Waals surface area contributed by atoms with Gasteiger partial charge in [0.05, 0.1) is 3.55 Å². The van der Waals surface area contributed by atoms with Gasteiger partial charge in [-0.25, -0.2) is 0 Å². The number of hydrogen-bond donors (Lipinski definition) is 2. The highest BCUT2D eigenvalue weighted by Gasteiger charge is 2.33. The van der Waals surface area contributed by atoms with Gasteiger partial charge in [-0.2, -0.15) is 0 Å². The molecule has 0 aromatic heterocycles. The first-order valence-electron chi connectivity index (χ1n) is 3.56. The second-order valence-electron chi connectivity index (χ2n) is 3.14. The molecule has 0 aliphatic heterocycles. The molecule has 0 heterocycles. The summed E-state index contributed by atoms with van der Waals surface area (Å²) in [6.45, 7) is 2.13. The van der Waals surface area contributed by atoms with Gasteiger partial charge in [-0.05, 0) is 25.2 Å². The van der Waals surface area contributed by atoms with Crippen molar-refractivity contribution in [3.8, 4) is 0 Å². The molecule has 10 heavy (non-hydrogen) atoms. The second kappa shape index (κ2) is 2.77. The summed E-state index contributed by atoms with van der Waals surface area (Å²) < 4.78 is -0.0533. The average molecular weight is 252 g/mol. The lowest BCUT2D eigenvalue weighted by Crippen LogP contribution is -2.43. The maximum absolute atomic E-state index is 7.44. The third-order valence-corrected chi connectivity index (χ3v) is 3.78. The van der Waals surface area contributed by atoms with Gasteiger partial charge in [0.1, 0.15) is 0 Å². The van der Waals surface area contributed by atoms with Crippen LogP contribution in [0.5, 0.6) is 0 Å². The molecule has 0 aromatic rings. The number of nitrogens with one attached hydrogen (secondary N) is 1. The fraction of sp³-hybridized carbons (Fsp3) is 0.857. The first-order chi connectivity index (χ1) is 4.52. The van der Waals surface area contributed by atoms with Gasteiger partial charge in [0.15, 0.2) is 0 Å². The third kappa shape index (κ3) is 1.69. The van der Waals surface area contributed by atoms with Crippen molar-refractivity contribution in [2.24, 2.45) is 11.7 Å². The van der Waals surface area contributed by atoms with Crippen molar-refractivity contribution in [3.05, 3.63) is 0 Å². The number of alkyl halides is 1. The Bertz CT molecular complexity index is 154. The van der Waals surface area contributed by atoms with E-state index in [0.717, 1.165) is 25.0 Å². The summed E-state index contributed by atoms with van der Waals surface area (Å²) in [5, 5.41) is 7.44. The van der Waals surface area contributed by atoms with Gasteiger partial charge in [-0.1, -0.05) is 29.5 Å². The van der Waals surface area contributed by atoms with Gasteiger partial charge in [-0.3, -0.25) is 0 Å². The number of rotatable bonds is 0. The van der Waals surface area contributed by atoms with E-state index in [0.29, 0.717) is 5.92 Å². The van der Waals surface area contributed by atoms with E-state index < -0.39 is 0 Å². The predicted molar refractivity (Wildman–Crippen MR) is 51.7 cm³/mol. The van der Waals surface area contributed by atoms with Crippen molar-refractivity contribution < 1.29 is 0 Å². The Hall–Kier alpha value is 0.360. The normalized spacial score (nSPS) is 41.9. The highest BCUT2D eigenvalue weighted by atomic mass is 127. The Morgan fingerprint density at radius 2 is 2.40 bits per heavy atom. The summed E-state index contributed by atoms with van der Waals surface area (Å²) >= 11 is 2.31. The molecular formula is C7H13IN2. The molecule has 58 valence electrons. The molecule has 0 saturated heterocycles. The average Bonchev–Trinajstić information content (AvgIpc) is 1.81. The topological polar surface area (TPSA) is 49.9 Å². The van der Waals surface area contributed by atoms with Gasteiger partial charge in [0, 0.05) is 5.71 Å². The van der Waals surface area contributed by atoms with Crippen molar-refractivity contribution in [2.75, 3.05) is 0 Å². The van der Waals surface area contributed by atoms with E-state index in [1.54, 1.807) is 0 Å². The predicted octanol–water partition coefficient (Wildman–Crippen LogP) is 1.92. The van der Waals surface area contributed by atoms with Crippen LogP contribution in [0.1, 0.15) is 26.2 Å². The van der Waals surface area contributed by atoms with Crippen LogP contribution in [0.4, 0.5) is 0 Å². The molecule has 3 N–H and O–H groups in total. The highest BCUT2D eigenvalue weighted by Crippen LogP contribution is 2.34. The number of hydrogen-bond acceptors (Lipinski definition) is 2. The minimum Gasteiger partial charge on any atom is -0.317 e. The highest BCUT2D eigenvalue weighted by molar-refractivity contribution is 14.1. The summed E-state index contributed by atoms with van der Waals surface area (Å²) in [4.78, 5) is 0. The molecule has 0 amide bonds. The van der Waals surface area contributed by atoms with Crippen LogP contribution in [-0.2, 0) is 0 Å². The molecule has 0 bridgehead atoms. The molecule has 2 unspecified atom stereocenters. The largest absolute Gasteiger partial charge is 0.317 e. The van der Waals surface area contributed by atoms with E-state index in [2.05, 4.69) is 29.5 Å². The van der Waals surface area contributed by atoms with Crippen molar-refractivity contribution in [1.82, 2.24) is 0 Å². The van der Waals surface area contributed by atoms with Crippen molar-refractivity contribution in [2.45, 2.75) is 29.7 Å². The van der Waals surface area contributed by atoms with Crippen LogP contribution in [0, 0.1) is 11.3 Å². The molecule has 0 radical (unpaired) electrons. The third-order valence-electron chi connectivity index (χ3n) is 2.18. The van der Waals surface area contributed by atoms with E-state index in [-0.39, 0.29) is 3.55 Å². The van der Waals surface area contributed by atoms with E-state index in [1.165, 1.54) is 0 Å². The van der Waals surface area contributed by atoms with Crippen molar-refractivity contribution in [3.63, 3.8) is 0 Å². The Morgan fingerprint density at radius 1 is 1.80 bits per heavy atom. The van der Waals surface area contributed by atoms with Crippen LogP contribution in [0.25, 0.3) is 0 Å². The minimum atomic E-state index is -0.0533. The second-order valence-corrected chi connectivity index (χ2v) is 5.14. The van der Waals surface area contributed by atoms with E-state index in [9.17, 15) is 0 Å². The first kappa shape index (κ1) is 8.46. The van der Waals surface area contributed by atoms with E-state index in [4.69, 9.17) is 11.1 Å². The molecule has 2 atom stereocenters. The number of nitrogens with two attached hydrogens (primary N) is 1. The molecular weight excluding hydrogens is 239 g/mol. The monoisotopic (exact) mass is 252 g/mol. The van der Waals surface area contributed by atoms with Crippen LogP contribution in [-0.4, -0.2) is 9.26 Å². The summed E-state index contributed by atoms with van der Waals surface area (Å²) in [6.07, 6.45) is 2.75. The van der Waals surface area contributed by atoms with Crippen LogP contribution >= 0.6 is 22.6 Å². The van der Waals surface area contributed by atoms with Gasteiger partial charge in [-0.15, -0.1) is 0 Å². The smallest absolute Gasteiger partial charge is 0.0713 e. The number of halogens is 1. The SMILES string of the molecule is CC1CC(=N)CCC1(N)I. The fourth-order valence-corrected chi connectivity index (χ4v) is 1.72. The van der Waals surface area contributed by atoms with E-state index >= 15 is 0 Å². The fourth-order valence-electron chi connectivity index (χ4n) is 1.23. The minimum absolute atomic E-state index is 0.0533. The molecule has 0 aromatic carbocycles. The van der Waals surface area contributed by atoms with Gasteiger partial charge in [0.25, 0.3) is 0 Å². The molecule has 1 fully saturated rings. The summed E-state index contributed by atoms with van der Waals surface area (Å²) in [5.74, 6) is 0.467.